The van der Waals surface area contributed by atoms with Crippen LogP contribution in [0.4, 0.5) is 10.5 Å². The van der Waals surface area contributed by atoms with E-state index in [2.05, 4.69) is 16.0 Å². The average Bonchev–Trinajstić information content (AvgIpc) is 3.30. The molecule has 1 aromatic carbocycles. The van der Waals surface area contributed by atoms with Crippen LogP contribution in [0.1, 0.15) is 31.2 Å². The van der Waals surface area contributed by atoms with Crippen LogP contribution < -0.4 is 5.32 Å². The van der Waals surface area contributed by atoms with Gasteiger partial charge in [-0.2, -0.15) is 0 Å². The van der Waals surface area contributed by atoms with Gasteiger partial charge in [0.05, 0.1) is 6.10 Å². The molecule has 0 spiro atoms. The average molecular weight is 341 g/mol. The van der Waals surface area contributed by atoms with E-state index in [9.17, 15) is 4.79 Å². The summed E-state index contributed by atoms with van der Waals surface area (Å²) in [5.41, 5.74) is 2.98. The molecule has 2 aromatic rings. The first-order valence-electron chi connectivity index (χ1n) is 9.02. The molecule has 1 fully saturated rings. The second kappa shape index (κ2) is 8.21. The van der Waals surface area contributed by atoms with E-state index in [1.807, 2.05) is 50.6 Å². The van der Waals surface area contributed by atoms with Gasteiger partial charge in [0, 0.05) is 44.0 Å². The predicted octanol–water partition coefficient (Wildman–Crippen LogP) is 4.21. The molecule has 1 saturated heterocycles. The molecule has 0 radical (unpaired) electrons. The quantitative estimate of drug-likeness (QED) is 0.855. The first-order chi connectivity index (χ1) is 12.1. The number of carbonyl (C=O) groups is 1. The summed E-state index contributed by atoms with van der Waals surface area (Å²) in [6, 6.07) is 9.88. The lowest BCUT2D eigenvalue weighted by atomic mass is 10.1. The van der Waals surface area contributed by atoms with Crippen molar-refractivity contribution in [2.75, 3.05) is 25.5 Å². The Hall–Kier alpha value is -2.27. The number of anilines is 1. The number of ether oxygens (including phenoxy) is 1. The zero-order valence-corrected chi connectivity index (χ0v) is 15.1. The van der Waals surface area contributed by atoms with Gasteiger partial charge in [0.2, 0.25) is 0 Å². The summed E-state index contributed by atoms with van der Waals surface area (Å²) in [5.74, 6) is 0. The Kier molecular flexibility index (Phi) is 5.76. The molecule has 25 heavy (non-hydrogen) atoms. The predicted molar refractivity (Wildman–Crippen MR) is 100 cm³/mol. The van der Waals surface area contributed by atoms with E-state index >= 15 is 0 Å². The van der Waals surface area contributed by atoms with Crippen molar-refractivity contribution in [3.63, 3.8) is 0 Å². The Morgan fingerprint density at radius 1 is 1.32 bits per heavy atom. The minimum Gasteiger partial charge on any atom is -0.378 e. The lowest BCUT2D eigenvalue weighted by Gasteiger charge is -2.20. The van der Waals surface area contributed by atoms with Crippen LogP contribution in [0.15, 0.2) is 42.7 Å². The fourth-order valence-corrected chi connectivity index (χ4v) is 3.27. The fourth-order valence-electron chi connectivity index (χ4n) is 3.27. The largest absolute Gasteiger partial charge is 0.378 e. The number of benzene rings is 1. The van der Waals surface area contributed by atoms with Gasteiger partial charge in [-0.05, 0) is 62.4 Å². The number of hydrogen-bond donors (Lipinski definition) is 1. The van der Waals surface area contributed by atoms with Crippen LogP contribution in [-0.4, -0.2) is 41.8 Å². The van der Waals surface area contributed by atoms with Gasteiger partial charge in [0.1, 0.15) is 0 Å². The molecular weight excluding hydrogens is 314 g/mol. The maximum Gasteiger partial charge on any atom is 0.321 e. The monoisotopic (exact) mass is 341 g/mol. The highest BCUT2D eigenvalue weighted by Gasteiger charge is 2.16. The van der Waals surface area contributed by atoms with Gasteiger partial charge in [0.15, 0.2) is 0 Å². The van der Waals surface area contributed by atoms with Crippen LogP contribution in [0, 0.1) is 6.92 Å². The molecule has 2 heterocycles. The Bertz CT molecular complexity index is 691. The highest BCUT2D eigenvalue weighted by atomic mass is 16.5. The summed E-state index contributed by atoms with van der Waals surface area (Å²) in [4.78, 5) is 14.2. The molecule has 1 atom stereocenters. The fraction of sp³-hybridized carbons (Fsp3) is 0.450. The Labute approximate surface area is 149 Å². The summed E-state index contributed by atoms with van der Waals surface area (Å²) in [6.45, 7) is 3.66. The SMILES string of the molecule is Cc1c(NC(=O)N(C)CCC[C@@H]2CCCO2)cccc1-n1cccc1. The zero-order valence-electron chi connectivity index (χ0n) is 15.1. The molecular formula is C20H27N3O2. The van der Waals surface area contributed by atoms with E-state index in [1.54, 1.807) is 4.90 Å². The van der Waals surface area contributed by atoms with Crippen molar-refractivity contribution in [2.45, 2.75) is 38.7 Å². The summed E-state index contributed by atoms with van der Waals surface area (Å²) in [7, 11) is 1.84. The van der Waals surface area contributed by atoms with Gasteiger partial charge in [-0.15, -0.1) is 0 Å². The highest BCUT2D eigenvalue weighted by molar-refractivity contribution is 5.90. The molecule has 0 aliphatic carbocycles. The third-order valence-electron chi connectivity index (χ3n) is 4.82. The third-order valence-corrected chi connectivity index (χ3v) is 4.82. The number of rotatable bonds is 6. The number of nitrogens with zero attached hydrogens (tertiary/aromatic N) is 2. The molecule has 3 rings (SSSR count). The second-order valence-electron chi connectivity index (χ2n) is 6.67. The summed E-state index contributed by atoms with van der Waals surface area (Å²) < 4.78 is 7.69. The van der Waals surface area contributed by atoms with Gasteiger partial charge in [0.25, 0.3) is 0 Å². The minimum absolute atomic E-state index is 0.0694. The molecule has 1 aromatic heterocycles. The Balaban J connectivity index is 1.56. The maximum absolute atomic E-state index is 12.5. The molecule has 5 heteroatoms. The Morgan fingerprint density at radius 3 is 2.84 bits per heavy atom. The molecule has 5 nitrogen and oxygen atoms in total. The Morgan fingerprint density at radius 2 is 2.12 bits per heavy atom. The molecule has 1 aliphatic rings. The van der Waals surface area contributed by atoms with Crippen LogP contribution in [0.3, 0.4) is 0 Å². The van der Waals surface area contributed by atoms with Crippen molar-refractivity contribution in [1.29, 1.82) is 0 Å². The first-order valence-corrected chi connectivity index (χ1v) is 9.02. The molecule has 2 amide bonds. The van der Waals surface area contributed by atoms with E-state index in [0.717, 1.165) is 55.8 Å². The first kappa shape index (κ1) is 17.5. The molecule has 134 valence electrons. The summed E-state index contributed by atoms with van der Waals surface area (Å²) in [6.07, 6.45) is 8.71. The van der Waals surface area contributed by atoms with E-state index in [4.69, 9.17) is 4.74 Å². The summed E-state index contributed by atoms with van der Waals surface area (Å²) >= 11 is 0. The lowest BCUT2D eigenvalue weighted by Crippen LogP contribution is -2.32. The van der Waals surface area contributed by atoms with Crippen LogP contribution in [0.25, 0.3) is 5.69 Å². The maximum atomic E-state index is 12.5. The normalized spacial score (nSPS) is 16.8. The van der Waals surface area contributed by atoms with Crippen molar-refractivity contribution < 1.29 is 9.53 Å². The van der Waals surface area contributed by atoms with Gasteiger partial charge in [-0.25, -0.2) is 4.79 Å². The van der Waals surface area contributed by atoms with Gasteiger partial charge in [-0.1, -0.05) is 6.07 Å². The minimum atomic E-state index is -0.0694. The van der Waals surface area contributed by atoms with E-state index in [1.165, 1.54) is 0 Å². The van der Waals surface area contributed by atoms with Crippen LogP contribution in [-0.2, 0) is 4.74 Å². The molecule has 0 saturated carbocycles. The summed E-state index contributed by atoms with van der Waals surface area (Å²) in [5, 5.41) is 3.03. The van der Waals surface area contributed by atoms with Crippen molar-refractivity contribution in [1.82, 2.24) is 9.47 Å². The number of urea groups is 1. The lowest BCUT2D eigenvalue weighted by molar-refractivity contribution is 0.101. The zero-order chi connectivity index (χ0) is 17.6. The number of nitrogens with one attached hydrogen (secondary N) is 1. The van der Waals surface area contributed by atoms with Crippen molar-refractivity contribution in [3.8, 4) is 5.69 Å². The number of amides is 2. The molecule has 0 unspecified atom stereocenters. The molecule has 1 aliphatic heterocycles. The van der Waals surface area contributed by atoms with E-state index in [0.29, 0.717) is 6.10 Å². The second-order valence-corrected chi connectivity index (χ2v) is 6.67. The smallest absolute Gasteiger partial charge is 0.321 e. The third kappa shape index (κ3) is 4.42. The highest BCUT2D eigenvalue weighted by Crippen LogP contribution is 2.23. The van der Waals surface area contributed by atoms with Gasteiger partial charge < -0.3 is 19.5 Å². The standard InChI is InChI=1S/C20H27N3O2/c1-16-18(10-5-11-19(16)23-13-3-4-14-23)21-20(24)22(2)12-6-8-17-9-7-15-25-17/h3-5,10-11,13-14,17H,6-9,12,15H2,1-2H3,(H,21,24)/t17-/m1/s1. The van der Waals surface area contributed by atoms with Crippen molar-refractivity contribution >= 4 is 11.7 Å². The number of hydrogen-bond acceptors (Lipinski definition) is 2. The topological polar surface area (TPSA) is 46.5 Å². The van der Waals surface area contributed by atoms with Crippen LogP contribution in [0.5, 0.6) is 0 Å². The van der Waals surface area contributed by atoms with Crippen LogP contribution >= 0.6 is 0 Å². The molecule has 0 bridgehead atoms. The number of aromatic nitrogens is 1. The van der Waals surface area contributed by atoms with E-state index < -0.39 is 0 Å². The van der Waals surface area contributed by atoms with E-state index in [-0.39, 0.29) is 6.03 Å². The number of carbonyl (C=O) groups excluding carboxylic acids is 1. The molecule has 1 N–H and O–H groups in total. The van der Waals surface area contributed by atoms with Crippen molar-refractivity contribution in [2.24, 2.45) is 0 Å². The van der Waals surface area contributed by atoms with Gasteiger partial charge in [-0.3, -0.25) is 0 Å². The van der Waals surface area contributed by atoms with Crippen molar-refractivity contribution in [3.05, 3.63) is 48.3 Å². The van der Waals surface area contributed by atoms with Crippen LogP contribution in [0.2, 0.25) is 0 Å². The van der Waals surface area contributed by atoms with Gasteiger partial charge >= 0.3 is 6.03 Å².